The molecule has 8 aromatic carbocycles. The number of fused-ring (bicyclic) bond motifs is 9. The molecule has 4 heterocycles. The maximum Gasteiger partial charge on any atom is 0.164 e. The van der Waals surface area contributed by atoms with Crippen LogP contribution in [0.5, 0.6) is 0 Å². The molecule has 0 aliphatic carbocycles. The van der Waals surface area contributed by atoms with Crippen LogP contribution in [-0.4, -0.2) is 19.5 Å². The maximum absolute atomic E-state index is 6.55. The van der Waals surface area contributed by atoms with Crippen molar-refractivity contribution in [2.45, 2.75) is 0 Å². The minimum absolute atomic E-state index is 0.577. The number of hydrogen-bond acceptors (Lipinski definition) is 5. The molecular formula is C51H30N4O2. The van der Waals surface area contributed by atoms with Crippen molar-refractivity contribution >= 4 is 65.7 Å². The molecule has 6 nitrogen and oxygen atoms in total. The summed E-state index contributed by atoms with van der Waals surface area (Å²) < 4.78 is 15.1. The number of benzene rings is 8. The zero-order valence-corrected chi connectivity index (χ0v) is 30.4. The molecule has 57 heavy (non-hydrogen) atoms. The van der Waals surface area contributed by atoms with Crippen LogP contribution in [0.15, 0.2) is 191 Å². The Balaban J connectivity index is 1.07. The predicted octanol–water partition coefficient (Wildman–Crippen LogP) is 13.4. The highest BCUT2D eigenvalue weighted by Crippen LogP contribution is 2.40. The van der Waals surface area contributed by atoms with Crippen molar-refractivity contribution < 1.29 is 8.83 Å². The number of nitrogens with zero attached hydrogens (tertiary/aromatic N) is 4. The monoisotopic (exact) mass is 730 g/mol. The second-order valence-corrected chi connectivity index (χ2v) is 14.4. The molecule has 0 N–H and O–H groups in total. The van der Waals surface area contributed by atoms with E-state index < -0.39 is 0 Å². The molecular weight excluding hydrogens is 701 g/mol. The largest absolute Gasteiger partial charge is 0.456 e. The second kappa shape index (κ2) is 12.3. The average molecular weight is 731 g/mol. The molecule has 266 valence electrons. The van der Waals surface area contributed by atoms with Crippen LogP contribution in [0.2, 0.25) is 0 Å². The van der Waals surface area contributed by atoms with Crippen LogP contribution in [0.1, 0.15) is 0 Å². The SMILES string of the molecule is c1ccc(-c2cccc(-c3nc(-c4ccc5oc6ccccc6c5c4)nc(-c4ccc5oc6cc7c8ccccc8n(-c8ccccc8)c7cc6c5c4)n3)c2)cc1. The number of rotatable bonds is 5. The highest BCUT2D eigenvalue weighted by atomic mass is 16.3. The minimum atomic E-state index is 0.577. The molecule has 12 rings (SSSR count). The summed E-state index contributed by atoms with van der Waals surface area (Å²) in [6, 6.07) is 62.7. The number of para-hydroxylation sites is 3. The van der Waals surface area contributed by atoms with Crippen molar-refractivity contribution in [3.63, 3.8) is 0 Å². The van der Waals surface area contributed by atoms with Crippen LogP contribution in [0.25, 0.3) is 117 Å². The van der Waals surface area contributed by atoms with Gasteiger partial charge in [-0.05, 0) is 90.0 Å². The quantitative estimate of drug-likeness (QED) is 0.176. The first-order chi connectivity index (χ1) is 28.2. The molecule has 6 heteroatoms. The van der Waals surface area contributed by atoms with E-state index in [9.17, 15) is 0 Å². The van der Waals surface area contributed by atoms with Gasteiger partial charge in [0.25, 0.3) is 0 Å². The fraction of sp³-hybridized carbons (Fsp3) is 0. The third-order valence-electron chi connectivity index (χ3n) is 11.0. The number of hydrogen-bond donors (Lipinski definition) is 0. The lowest BCUT2D eigenvalue weighted by Crippen LogP contribution is -2.00. The molecule has 0 aliphatic rings. The van der Waals surface area contributed by atoms with E-state index in [4.69, 9.17) is 23.8 Å². The minimum Gasteiger partial charge on any atom is -0.456 e. The van der Waals surface area contributed by atoms with Crippen LogP contribution in [0.4, 0.5) is 0 Å². The third-order valence-corrected chi connectivity index (χ3v) is 11.0. The first kappa shape index (κ1) is 31.5. The lowest BCUT2D eigenvalue weighted by atomic mass is 10.0. The molecule has 0 unspecified atom stereocenters. The summed E-state index contributed by atoms with van der Waals surface area (Å²) in [4.78, 5) is 15.5. The van der Waals surface area contributed by atoms with E-state index >= 15 is 0 Å². The third kappa shape index (κ3) is 5.08. The Hall–Kier alpha value is -7.83. The topological polar surface area (TPSA) is 69.9 Å². The molecule has 0 fully saturated rings. The Kier molecular flexibility index (Phi) is 6.83. The van der Waals surface area contributed by atoms with E-state index in [0.29, 0.717) is 17.5 Å². The predicted molar refractivity (Wildman–Crippen MR) is 230 cm³/mol. The summed E-state index contributed by atoms with van der Waals surface area (Å²) in [5.41, 5.74) is 11.6. The van der Waals surface area contributed by atoms with Gasteiger partial charge in [0, 0.05) is 54.7 Å². The van der Waals surface area contributed by atoms with E-state index in [1.807, 2.05) is 48.5 Å². The molecule has 12 aromatic rings. The van der Waals surface area contributed by atoms with Gasteiger partial charge in [-0.3, -0.25) is 0 Å². The van der Waals surface area contributed by atoms with E-state index in [1.54, 1.807) is 0 Å². The molecule has 0 spiro atoms. The van der Waals surface area contributed by atoms with Gasteiger partial charge in [-0.2, -0.15) is 0 Å². The van der Waals surface area contributed by atoms with E-state index in [0.717, 1.165) is 93.8 Å². The highest BCUT2D eigenvalue weighted by Gasteiger charge is 2.19. The van der Waals surface area contributed by atoms with Gasteiger partial charge >= 0.3 is 0 Å². The first-order valence-electron chi connectivity index (χ1n) is 19.0. The fourth-order valence-electron chi connectivity index (χ4n) is 8.33. The maximum atomic E-state index is 6.55. The van der Waals surface area contributed by atoms with Crippen molar-refractivity contribution in [2.24, 2.45) is 0 Å². The van der Waals surface area contributed by atoms with Crippen molar-refractivity contribution in [3.05, 3.63) is 182 Å². The van der Waals surface area contributed by atoms with Crippen molar-refractivity contribution in [3.8, 4) is 51.0 Å². The summed E-state index contributed by atoms with van der Waals surface area (Å²) in [5.74, 6) is 1.75. The number of aromatic nitrogens is 4. The van der Waals surface area contributed by atoms with Gasteiger partial charge in [0.15, 0.2) is 17.5 Å². The molecule has 0 saturated carbocycles. The molecule has 0 radical (unpaired) electrons. The Morgan fingerprint density at radius 1 is 0.298 bits per heavy atom. The zero-order valence-electron chi connectivity index (χ0n) is 30.4. The normalized spacial score (nSPS) is 11.9. The zero-order chi connectivity index (χ0) is 37.5. The Morgan fingerprint density at radius 3 is 1.56 bits per heavy atom. The Bertz CT molecular complexity index is 3530. The summed E-state index contributed by atoms with van der Waals surface area (Å²) in [6.07, 6.45) is 0. The van der Waals surface area contributed by atoms with E-state index in [-0.39, 0.29) is 0 Å². The standard InChI is InChI=1S/C51H30N4O2/c1-3-12-31(13-4-1)32-14-11-15-33(26-32)49-52-50(34-22-24-46-40(27-34)38-19-8-10-21-45(38)56-46)54-51(53-49)35-23-25-47-41(28-35)42-29-44-39(30-48(42)57-47)37-18-7-9-20-43(37)55(44)36-16-5-2-6-17-36/h1-30H. The Morgan fingerprint density at radius 2 is 0.825 bits per heavy atom. The molecule has 0 amide bonds. The van der Waals surface area contributed by atoms with Gasteiger partial charge in [0.1, 0.15) is 22.3 Å². The van der Waals surface area contributed by atoms with Gasteiger partial charge in [-0.15, -0.1) is 0 Å². The molecule has 0 saturated heterocycles. The summed E-state index contributed by atoms with van der Waals surface area (Å²) in [7, 11) is 0. The Labute approximate surface area is 325 Å². The highest BCUT2D eigenvalue weighted by molar-refractivity contribution is 6.17. The van der Waals surface area contributed by atoms with Crippen LogP contribution in [0.3, 0.4) is 0 Å². The van der Waals surface area contributed by atoms with Gasteiger partial charge in [0.2, 0.25) is 0 Å². The van der Waals surface area contributed by atoms with Crippen LogP contribution in [0, 0.1) is 0 Å². The molecule has 0 atom stereocenters. The number of furan rings is 2. The first-order valence-corrected chi connectivity index (χ1v) is 19.0. The fourth-order valence-corrected chi connectivity index (χ4v) is 8.33. The van der Waals surface area contributed by atoms with Crippen LogP contribution >= 0.6 is 0 Å². The van der Waals surface area contributed by atoms with Gasteiger partial charge in [-0.1, -0.05) is 103 Å². The smallest absolute Gasteiger partial charge is 0.164 e. The lowest BCUT2D eigenvalue weighted by molar-refractivity contribution is 0.669. The molecule has 4 aromatic heterocycles. The summed E-state index contributed by atoms with van der Waals surface area (Å²) in [6.45, 7) is 0. The second-order valence-electron chi connectivity index (χ2n) is 14.4. The van der Waals surface area contributed by atoms with E-state index in [1.165, 1.54) is 5.39 Å². The molecule has 0 bridgehead atoms. The lowest BCUT2D eigenvalue weighted by Gasteiger charge is -2.10. The molecule has 0 aliphatic heterocycles. The van der Waals surface area contributed by atoms with Gasteiger partial charge in [0.05, 0.1) is 11.0 Å². The van der Waals surface area contributed by atoms with Gasteiger partial charge < -0.3 is 13.4 Å². The average Bonchev–Trinajstić information content (AvgIpc) is 3.94. The van der Waals surface area contributed by atoms with Crippen LogP contribution < -0.4 is 0 Å². The van der Waals surface area contributed by atoms with Crippen molar-refractivity contribution in [2.75, 3.05) is 0 Å². The van der Waals surface area contributed by atoms with E-state index in [2.05, 4.69) is 138 Å². The van der Waals surface area contributed by atoms with Crippen molar-refractivity contribution in [1.29, 1.82) is 0 Å². The summed E-state index contributed by atoms with van der Waals surface area (Å²) in [5, 5.41) is 6.42. The van der Waals surface area contributed by atoms with Crippen molar-refractivity contribution in [1.82, 2.24) is 19.5 Å². The van der Waals surface area contributed by atoms with Gasteiger partial charge in [-0.25, -0.2) is 15.0 Å². The van der Waals surface area contributed by atoms with Crippen LogP contribution in [-0.2, 0) is 0 Å². The summed E-state index contributed by atoms with van der Waals surface area (Å²) >= 11 is 0.